The molecule has 0 amide bonds. The number of sulfonamides is 1. The Morgan fingerprint density at radius 1 is 0.926 bits per heavy atom. The molecule has 1 heterocycles. The van der Waals surface area contributed by atoms with E-state index in [9.17, 15) is 13.2 Å². The molecule has 3 rings (SSSR count). The third-order valence-electron chi connectivity index (χ3n) is 4.66. The van der Waals surface area contributed by atoms with E-state index in [0.29, 0.717) is 22.5 Å². The van der Waals surface area contributed by atoms with Gasteiger partial charge in [0, 0.05) is 7.05 Å². The van der Waals surface area contributed by atoms with E-state index < -0.39 is 15.6 Å². The lowest BCUT2D eigenvalue weighted by Crippen LogP contribution is -2.23. The van der Waals surface area contributed by atoms with Gasteiger partial charge in [0.15, 0.2) is 0 Å². The molecule has 6 nitrogen and oxygen atoms in total. The average Bonchev–Trinajstić information content (AvgIpc) is 2.77. The summed E-state index contributed by atoms with van der Waals surface area (Å²) in [7, 11) is -2.17. The van der Waals surface area contributed by atoms with Crippen LogP contribution in [0.1, 0.15) is 22.4 Å². The van der Waals surface area contributed by atoms with Crippen molar-refractivity contribution in [1.82, 2.24) is 9.36 Å². The highest BCUT2D eigenvalue weighted by atomic mass is 32.2. The predicted octanol–water partition coefficient (Wildman–Crippen LogP) is 3.21. The number of benzene rings is 2. The molecule has 0 saturated carbocycles. The van der Waals surface area contributed by atoms with E-state index in [2.05, 4.69) is 4.72 Å². The average molecular weight is 385 g/mol. The van der Waals surface area contributed by atoms with E-state index in [4.69, 9.17) is 0 Å². The molecule has 0 atom stereocenters. The van der Waals surface area contributed by atoms with Gasteiger partial charge < -0.3 is 0 Å². The zero-order valence-corrected chi connectivity index (χ0v) is 16.9. The Morgan fingerprint density at radius 2 is 1.48 bits per heavy atom. The van der Waals surface area contributed by atoms with Crippen molar-refractivity contribution in [2.24, 2.45) is 7.05 Å². The van der Waals surface area contributed by atoms with Gasteiger partial charge in [-0.05, 0) is 51.0 Å². The Labute approximate surface area is 159 Å². The van der Waals surface area contributed by atoms with E-state index in [1.807, 2.05) is 37.3 Å². The highest BCUT2D eigenvalue weighted by Crippen LogP contribution is 2.25. The summed E-state index contributed by atoms with van der Waals surface area (Å²) in [6, 6.07) is 12.8. The lowest BCUT2D eigenvalue weighted by atomic mass is 10.1. The monoisotopic (exact) mass is 385 g/mol. The molecule has 7 heteroatoms. The number of rotatable bonds is 4. The van der Waals surface area contributed by atoms with Gasteiger partial charge in [-0.1, -0.05) is 35.9 Å². The van der Waals surface area contributed by atoms with Crippen LogP contribution >= 0.6 is 0 Å². The minimum absolute atomic E-state index is 0.0562. The summed E-state index contributed by atoms with van der Waals surface area (Å²) < 4.78 is 31.7. The van der Waals surface area contributed by atoms with Crippen LogP contribution in [-0.2, 0) is 17.1 Å². The summed E-state index contributed by atoms with van der Waals surface area (Å²) in [5, 5.41) is 0. The molecular weight excluding hydrogens is 362 g/mol. The number of aromatic nitrogens is 2. The standard InChI is InChI=1S/C20H23N3O3S/c1-13-11-14(2)19(15(3)12-13)27(25,26)21-18-16(4)22(5)23(20(18)24)17-9-7-6-8-10-17/h6-12,21H,1-5H3. The first-order valence-corrected chi connectivity index (χ1v) is 10.1. The summed E-state index contributed by atoms with van der Waals surface area (Å²) in [5.41, 5.74) is 3.14. The first kappa shape index (κ1) is 19.0. The zero-order valence-electron chi connectivity index (χ0n) is 16.1. The van der Waals surface area contributed by atoms with Gasteiger partial charge in [0.25, 0.3) is 15.6 Å². The molecule has 0 saturated heterocycles. The second-order valence-corrected chi connectivity index (χ2v) is 8.39. The molecule has 27 heavy (non-hydrogen) atoms. The van der Waals surface area contributed by atoms with Crippen LogP contribution in [0.2, 0.25) is 0 Å². The number of anilines is 1. The Hall–Kier alpha value is -2.80. The maximum absolute atomic E-state index is 13.0. The number of nitrogens with one attached hydrogen (secondary N) is 1. The van der Waals surface area contributed by atoms with Gasteiger partial charge in [-0.3, -0.25) is 14.2 Å². The van der Waals surface area contributed by atoms with Crippen LogP contribution in [0.5, 0.6) is 0 Å². The van der Waals surface area contributed by atoms with Gasteiger partial charge in [0.05, 0.1) is 16.3 Å². The highest BCUT2D eigenvalue weighted by Gasteiger charge is 2.25. The lowest BCUT2D eigenvalue weighted by Gasteiger charge is -2.13. The Kier molecular flexibility index (Phi) is 4.73. The van der Waals surface area contributed by atoms with Crippen LogP contribution in [0, 0.1) is 27.7 Å². The fraction of sp³-hybridized carbons (Fsp3) is 0.250. The maximum Gasteiger partial charge on any atom is 0.296 e. The fourth-order valence-corrected chi connectivity index (χ4v) is 5.03. The van der Waals surface area contributed by atoms with Crippen LogP contribution < -0.4 is 10.3 Å². The lowest BCUT2D eigenvalue weighted by molar-refractivity contribution is 0.600. The van der Waals surface area contributed by atoms with Crippen molar-refractivity contribution in [1.29, 1.82) is 0 Å². The third kappa shape index (κ3) is 3.30. The molecule has 142 valence electrons. The van der Waals surface area contributed by atoms with Crippen molar-refractivity contribution in [3.63, 3.8) is 0 Å². The summed E-state index contributed by atoms with van der Waals surface area (Å²) in [6.07, 6.45) is 0. The van der Waals surface area contributed by atoms with Gasteiger partial charge in [0.2, 0.25) is 0 Å². The van der Waals surface area contributed by atoms with Crippen molar-refractivity contribution in [3.8, 4) is 5.69 Å². The molecule has 0 aliphatic carbocycles. The summed E-state index contributed by atoms with van der Waals surface area (Å²) >= 11 is 0. The molecule has 0 aliphatic heterocycles. The molecule has 0 aliphatic rings. The van der Waals surface area contributed by atoms with Crippen LogP contribution in [-0.4, -0.2) is 17.8 Å². The van der Waals surface area contributed by atoms with Crippen molar-refractivity contribution in [3.05, 3.63) is 75.2 Å². The molecule has 2 aromatic carbocycles. The number of aryl methyl sites for hydroxylation is 3. The summed E-state index contributed by atoms with van der Waals surface area (Å²) in [4.78, 5) is 13.2. The van der Waals surface area contributed by atoms with Crippen LogP contribution in [0.4, 0.5) is 5.69 Å². The Bertz CT molecular complexity index is 1150. The first-order chi connectivity index (χ1) is 12.6. The summed E-state index contributed by atoms with van der Waals surface area (Å²) in [6.45, 7) is 7.15. The number of nitrogens with zero attached hydrogens (tertiary/aromatic N) is 2. The quantitative estimate of drug-likeness (QED) is 0.749. The maximum atomic E-state index is 13.0. The largest absolute Gasteiger partial charge is 0.296 e. The van der Waals surface area contributed by atoms with E-state index in [1.54, 1.807) is 44.6 Å². The van der Waals surface area contributed by atoms with Crippen LogP contribution in [0.15, 0.2) is 52.2 Å². The van der Waals surface area contributed by atoms with Crippen LogP contribution in [0.3, 0.4) is 0 Å². The molecule has 3 aromatic rings. The highest BCUT2D eigenvalue weighted by molar-refractivity contribution is 7.92. The van der Waals surface area contributed by atoms with Crippen molar-refractivity contribution in [2.75, 3.05) is 4.72 Å². The molecule has 0 unspecified atom stereocenters. The second kappa shape index (κ2) is 6.74. The van der Waals surface area contributed by atoms with E-state index >= 15 is 0 Å². The topological polar surface area (TPSA) is 73.1 Å². The minimum atomic E-state index is -3.90. The second-order valence-electron chi connectivity index (χ2n) is 6.77. The smallest absolute Gasteiger partial charge is 0.283 e. The fourth-order valence-electron chi connectivity index (χ4n) is 3.46. The molecule has 1 aromatic heterocycles. The molecule has 0 bridgehead atoms. The molecule has 0 fully saturated rings. The first-order valence-electron chi connectivity index (χ1n) is 8.58. The van der Waals surface area contributed by atoms with Gasteiger partial charge in [0.1, 0.15) is 5.69 Å². The Balaban J connectivity index is 2.14. The molecule has 1 N–H and O–H groups in total. The Morgan fingerprint density at radius 3 is 2.04 bits per heavy atom. The summed E-state index contributed by atoms with van der Waals surface area (Å²) in [5.74, 6) is 0. The van der Waals surface area contributed by atoms with Gasteiger partial charge in [-0.2, -0.15) is 0 Å². The molecule has 0 spiro atoms. The van der Waals surface area contributed by atoms with E-state index in [1.165, 1.54) is 4.68 Å². The predicted molar refractivity (Wildman–Crippen MR) is 107 cm³/mol. The van der Waals surface area contributed by atoms with Crippen molar-refractivity contribution >= 4 is 15.7 Å². The van der Waals surface area contributed by atoms with Crippen LogP contribution in [0.25, 0.3) is 5.69 Å². The van der Waals surface area contributed by atoms with Gasteiger partial charge >= 0.3 is 0 Å². The van der Waals surface area contributed by atoms with E-state index in [-0.39, 0.29) is 10.6 Å². The number of hydrogen-bond acceptors (Lipinski definition) is 3. The normalized spacial score (nSPS) is 11.6. The molecule has 0 radical (unpaired) electrons. The van der Waals surface area contributed by atoms with E-state index in [0.717, 1.165) is 5.56 Å². The number of hydrogen-bond donors (Lipinski definition) is 1. The minimum Gasteiger partial charge on any atom is -0.283 e. The van der Waals surface area contributed by atoms with Crippen molar-refractivity contribution < 1.29 is 8.42 Å². The van der Waals surface area contributed by atoms with Crippen molar-refractivity contribution in [2.45, 2.75) is 32.6 Å². The number of para-hydroxylation sites is 1. The molecular formula is C20H23N3O3S. The van der Waals surface area contributed by atoms with Gasteiger partial charge in [-0.25, -0.2) is 13.1 Å². The van der Waals surface area contributed by atoms with Gasteiger partial charge in [-0.15, -0.1) is 0 Å². The SMILES string of the molecule is Cc1cc(C)c(S(=O)(=O)Nc2c(C)n(C)n(-c3ccccc3)c2=O)c(C)c1. The zero-order chi connectivity index (χ0) is 19.9. The third-order valence-corrected chi connectivity index (χ3v) is 6.32.